The van der Waals surface area contributed by atoms with Crippen molar-refractivity contribution in [2.45, 2.75) is 20.3 Å². The van der Waals surface area contributed by atoms with Gasteiger partial charge in [0.25, 0.3) is 0 Å². The lowest BCUT2D eigenvalue weighted by Gasteiger charge is -2.08. The van der Waals surface area contributed by atoms with Crippen molar-refractivity contribution in [3.63, 3.8) is 0 Å². The molecule has 0 atom stereocenters. The molecule has 0 aliphatic rings. The van der Waals surface area contributed by atoms with Crippen LogP contribution in [-0.4, -0.2) is 31.0 Å². The van der Waals surface area contributed by atoms with E-state index in [4.69, 9.17) is 0 Å². The van der Waals surface area contributed by atoms with Crippen LogP contribution in [0.15, 0.2) is 30.2 Å². The van der Waals surface area contributed by atoms with Crippen LogP contribution in [0.3, 0.4) is 0 Å². The molecule has 0 radical (unpaired) electrons. The molecule has 3 aromatic rings. The molecular formula is C14H16N6S. The molecule has 1 N–H and O–H groups in total. The summed E-state index contributed by atoms with van der Waals surface area (Å²) in [5, 5.41) is 5.27. The van der Waals surface area contributed by atoms with E-state index in [1.165, 1.54) is 5.56 Å². The summed E-state index contributed by atoms with van der Waals surface area (Å²) in [7, 11) is 0. The van der Waals surface area contributed by atoms with Crippen LogP contribution < -0.4 is 5.32 Å². The Bertz CT molecular complexity index is 719. The molecule has 108 valence electrons. The lowest BCUT2D eigenvalue weighted by Crippen LogP contribution is -2.10. The number of nitrogens with zero attached hydrogens (tertiary/aromatic N) is 5. The van der Waals surface area contributed by atoms with E-state index in [2.05, 4.69) is 45.2 Å². The summed E-state index contributed by atoms with van der Waals surface area (Å²) in [5.74, 6) is 1.86. The summed E-state index contributed by atoms with van der Waals surface area (Å²) in [4.78, 5) is 18.6. The highest BCUT2D eigenvalue weighted by atomic mass is 32.1. The molecule has 3 rings (SSSR count). The van der Waals surface area contributed by atoms with E-state index in [1.807, 2.05) is 11.6 Å². The first kappa shape index (κ1) is 13.7. The first-order valence-electron chi connectivity index (χ1n) is 6.80. The van der Waals surface area contributed by atoms with Crippen LogP contribution in [-0.2, 0) is 0 Å². The lowest BCUT2D eigenvalue weighted by molar-refractivity contribution is 0.883. The number of aryl methyl sites for hydroxylation is 1. The van der Waals surface area contributed by atoms with E-state index in [0.29, 0.717) is 17.7 Å². The molecule has 0 unspecified atom stereocenters. The third-order valence-electron chi connectivity index (χ3n) is 2.96. The first-order valence-corrected chi connectivity index (χ1v) is 7.68. The van der Waals surface area contributed by atoms with Crippen LogP contribution >= 0.6 is 11.3 Å². The van der Waals surface area contributed by atoms with Gasteiger partial charge in [-0.2, -0.15) is 15.0 Å². The zero-order chi connectivity index (χ0) is 14.7. The minimum atomic E-state index is 0.573. The quantitative estimate of drug-likeness (QED) is 0.784. The van der Waals surface area contributed by atoms with Gasteiger partial charge in [0.1, 0.15) is 6.33 Å². The van der Waals surface area contributed by atoms with E-state index in [9.17, 15) is 0 Å². The summed E-state index contributed by atoms with van der Waals surface area (Å²) in [5.41, 5.74) is 1.17. The largest absolute Gasteiger partial charge is 0.354 e. The average Bonchev–Trinajstić information content (AvgIpc) is 3.16. The monoisotopic (exact) mass is 300 g/mol. The summed E-state index contributed by atoms with van der Waals surface area (Å²) in [6.45, 7) is 5.00. The maximum atomic E-state index is 4.56. The van der Waals surface area contributed by atoms with Gasteiger partial charge in [-0.15, -0.1) is 11.3 Å². The molecule has 0 aromatic carbocycles. The van der Waals surface area contributed by atoms with Crippen LogP contribution in [0.4, 0.5) is 5.95 Å². The van der Waals surface area contributed by atoms with E-state index < -0.39 is 0 Å². The van der Waals surface area contributed by atoms with Gasteiger partial charge in [-0.1, -0.05) is 6.92 Å². The van der Waals surface area contributed by atoms with Gasteiger partial charge in [0.05, 0.1) is 4.88 Å². The lowest BCUT2D eigenvalue weighted by atomic mass is 10.3. The van der Waals surface area contributed by atoms with E-state index in [1.54, 1.807) is 28.4 Å². The van der Waals surface area contributed by atoms with Gasteiger partial charge in [0.2, 0.25) is 11.9 Å². The SMILES string of the molecule is CCCNc1nc(-c2sccc2C)nc(-n2ccnc2)n1. The van der Waals surface area contributed by atoms with Gasteiger partial charge in [-0.05, 0) is 30.4 Å². The summed E-state index contributed by atoms with van der Waals surface area (Å²) >= 11 is 1.64. The van der Waals surface area contributed by atoms with E-state index in [-0.39, 0.29) is 0 Å². The fourth-order valence-corrected chi connectivity index (χ4v) is 2.74. The number of nitrogens with one attached hydrogen (secondary N) is 1. The molecule has 0 saturated heterocycles. The van der Waals surface area contributed by atoms with Crippen molar-refractivity contribution in [2.24, 2.45) is 0 Å². The third-order valence-corrected chi connectivity index (χ3v) is 3.97. The smallest absolute Gasteiger partial charge is 0.240 e. The number of hydrogen-bond donors (Lipinski definition) is 1. The number of imidazole rings is 1. The molecular weight excluding hydrogens is 284 g/mol. The summed E-state index contributed by atoms with van der Waals surface area (Å²) in [6, 6.07) is 2.07. The van der Waals surface area contributed by atoms with Crippen LogP contribution in [0, 0.1) is 6.92 Å². The molecule has 21 heavy (non-hydrogen) atoms. The second kappa shape index (κ2) is 6.01. The van der Waals surface area contributed by atoms with Crippen molar-refractivity contribution in [3.8, 4) is 16.6 Å². The molecule has 6 nitrogen and oxygen atoms in total. The minimum absolute atomic E-state index is 0.573. The van der Waals surface area contributed by atoms with Crippen molar-refractivity contribution in [3.05, 3.63) is 35.7 Å². The zero-order valence-corrected chi connectivity index (χ0v) is 12.8. The molecule has 0 spiro atoms. The Morgan fingerprint density at radius 2 is 2.19 bits per heavy atom. The standard InChI is InChI=1S/C14H16N6S/c1-3-5-16-13-17-12(11-10(2)4-8-21-11)18-14(19-13)20-7-6-15-9-20/h4,6-9H,3,5H2,1-2H3,(H,16,17,18,19). The number of aromatic nitrogens is 5. The highest BCUT2D eigenvalue weighted by Gasteiger charge is 2.12. The number of thiophene rings is 1. The topological polar surface area (TPSA) is 68.5 Å². The molecule has 0 amide bonds. The fourth-order valence-electron chi connectivity index (χ4n) is 1.88. The van der Waals surface area contributed by atoms with Crippen molar-refractivity contribution >= 4 is 17.3 Å². The van der Waals surface area contributed by atoms with Gasteiger partial charge in [0.15, 0.2) is 5.82 Å². The molecule has 0 aliphatic carbocycles. The third kappa shape index (κ3) is 2.92. The Kier molecular flexibility index (Phi) is 3.92. The molecule has 0 saturated carbocycles. The number of rotatable bonds is 5. The van der Waals surface area contributed by atoms with Crippen molar-refractivity contribution < 1.29 is 0 Å². The average molecular weight is 300 g/mol. The Balaban J connectivity index is 2.07. The normalized spacial score (nSPS) is 10.8. The number of anilines is 1. The second-order valence-corrected chi connectivity index (χ2v) is 5.53. The highest BCUT2D eigenvalue weighted by molar-refractivity contribution is 7.13. The van der Waals surface area contributed by atoms with Crippen LogP contribution in [0.2, 0.25) is 0 Å². The first-order chi connectivity index (χ1) is 10.3. The van der Waals surface area contributed by atoms with Crippen molar-refractivity contribution in [1.82, 2.24) is 24.5 Å². The highest BCUT2D eigenvalue weighted by Crippen LogP contribution is 2.27. The zero-order valence-electron chi connectivity index (χ0n) is 11.9. The van der Waals surface area contributed by atoms with Gasteiger partial charge in [0, 0.05) is 18.9 Å². The minimum Gasteiger partial charge on any atom is -0.354 e. The fraction of sp³-hybridized carbons (Fsp3) is 0.286. The maximum absolute atomic E-state index is 4.56. The Labute approximate surface area is 126 Å². The second-order valence-electron chi connectivity index (χ2n) is 4.61. The number of hydrogen-bond acceptors (Lipinski definition) is 6. The molecule has 0 aliphatic heterocycles. The van der Waals surface area contributed by atoms with Crippen molar-refractivity contribution in [1.29, 1.82) is 0 Å². The molecule has 3 heterocycles. The van der Waals surface area contributed by atoms with Gasteiger partial charge >= 0.3 is 0 Å². The van der Waals surface area contributed by atoms with Gasteiger partial charge < -0.3 is 5.32 Å². The summed E-state index contributed by atoms with van der Waals surface area (Å²) < 4.78 is 1.78. The van der Waals surface area contributed by atoms with Crippen LogP contribution in [0.5, 0.6) is 0 Å². The predicted octanol–water partition coefficient (Wildman–Crippen LogP) is 2.92. The van der Waals surface area contributed by atoms with Crippen LogP contribution in [0.1, 0.15) is 18.9 Å². The molecule has 7 heteroatoms. The van der Waals surface area contributed by atoms with Gasteiger partial charge in [-0.3, -0.25) is 4.57 Å². The Hall–Kier alpha value is -2.28. The van der Waals surface area contributed by atoms with Crippen molar-refractivity contribution in [2.75, 3.05) is 11.9 Å². The molecule has 0 fully saturated rings. The van der Waals surface area contributed by atoms with Gasteiger partial charge in [-0.25, -0.2) is 4.98 Å². The Morgan fingerprint density at radius 3 is 2.86 bits per heavy atom. The van der Waals surface area contributed by atoms with E-state index in [0.717, 1.165) is 17.8 Å². The Morgan fingerprint density at radius 1 is 1.29 bits per heavy atom. The predicted molar refractivity (Wildman–Crippen MR) is 83.8 cm³/mol. The summed E-state index contributed by atoms with van der Waals surface area (Å²) in [6.07, 6.45) is 6.23. The van der Waals surface area contributed by atoms with E-state index >= 15 is 0 Å². The molecule has 0 bridgehead atoms. The van der Waals surface area contributed by atoms with Crippen LogP contribution in [0.25, 0.3) is 16.6 Å². The molecule has 3 aromatic heterocycles. The maximum Gasteiger partial charge on any atom is 0.240 e.